The first-order valence-corrected chi connectivity index (χ1v) is 8.23. The summed E-state index contributed by atoms with van der Waals surface area (Å²) in [6.45, 7) is 0. The van der Waals surface area contributed by atoms with Gasteiger partial charge in [-0.05, 0) is 12.1 Å². The molecule has 5 N–H and O–H groups in total. The number of anilines is 1. The number of aromatic nitrogens is 5. The summed E-state index contributed by atoms with van der Waals surface area (Å²) in [4.78, 5) is 61.9. The van der Waals surface area contributed by atoms with Crippen molar-refractivity contribution >= 4 is 28.6 Å². The van der Waals surface area contributed by atoms with E-state index in [1.54, 1.807) is 24.3 Å². The first-order chi connectivity index (χ1) is 13.9. The Hall–Kier alpha value is -4.54. The maximum atomic E-state index is 12.3. The SMILES string of the molecule is O=C(Nc1cccc(-c2ncnc3[nH]cc(C(=O)O)c23)c1)c1c[nH]c(=O)[nH]c1=O. The summed E-state index contributed by atoms with van der Waals surface area (Å²) in [7, 11) is 0. The van der Waals surface area contributed by atoms with Gasteiger partial charge in [-0.25, -0.2) is 19.6 Å². The molecular weight excluding hydrogens is 380 g/mol. The van der Waals surface area contributed by atoms with Crippen LogP contribution >= 0.6 is 0 Å². The summed E-state index contributed by atoms with van der Waals surface area (Å²) in [5.41, 5.74) is -0.179. The van der Waals surface area contributed by atoms with Crippen LogP contribution in [0.15, 0.2) is 52.6 Å². The Bertz CT molecular complexity index is 1380. The lowest BCUT2D eigenvalue weighted by Gasteiger charge is -2.08. The van der Waals surface area contributed by atoms with Crippen LogP contribution in [0.5, 0.6) is 0 Å². The Balaban J connectivity index is 1.73. The molecule has 0 atom stereocenters. The molecular formula is C18H12N6O5. The van der Waals surface area contributed by atoms with E-state index in [-0.39, 0.29) is 11.1 Å². The first kappa shape index (κ1) is 17.9. The number of aromatic amines is 3. The predicted molar refractivity (Wildman–Crippen MR) is 102 cm³/mol. The molecule has 3 aromatic heterocycles. The van der Waals surface area contributed by atoms with E-state index in [4.69, 9.17) is 0 Å². The number of carboxylic acids is 1. The van der Waals surface area contributed by atoms with Crippen molar-refractivity contribution in [2.45, 2.75) is 0 Å². The molecule has 4 rings (SSSR count). The van der Waals surface area contributed by atoms with E-state index >= 15 is 0 Å². The lowest BCUT2D eigenvalue weighted by molar-refractivity contribution is 0.0699. The van der Waals surface area contributed by atoms with E-state index < -0.39 is 23.1 Å². The summed E-state index contributed by atoms with van der Waals surface area (Å²) in [6.07, 6.45) is 3.65. The number of carboxylic acid groups (broad SMARTS) is 1. The number of amides is 1. The van der Waals surface area contributed by atoms with Gasteiger partial charge in [0.25, 0.3) is 11.5 Å². The Morgan fingerprint density at radius 2 is 1.83 bits per heavy atom. The van der Waals surface area contributed by atoms with Crippen LogP contribution in [0.3, 0.4) is 0 Å². The minimum absolute atomic E-state index is 0.0183. The second-order valence-electron chi connectivity index (χ2n) is 5.97. The average molecular weight is 392 g/mol. The molecule has 0 radical (unpaired) electrons. The molecule has 11 heteroatoms. The number of nitrogens with zero attached hydrogens (tertiary/aromatic N) is 2. The second-order valence-corrected chi connectivity index (χ2v) is 5.97. The third-order valence-electron chi connectivity index (χ3n) is 4.16. The first-order valence-electron chi connectivity index (χ1n) is 8.23. The van der Waals surface area contributed by atoms with Crippen molar-refractivity contribution in [2.75, 3.05) is 5.32 Å². The number of aromatic carboxylic acids is 1. The van der Waals surface area contributed by atoms with Gasteiger partial charge >= 0.3 is 11.7 Å². The molecule has 0 aliphatic rings. The van der Waals surface area contributed by atoms with Crippen LogP contribution in [0.4, 0.5) is 5.69 Å². The van der Waals surface area contributed by atoms with Crippen molar-refractivity contribution in [2.24, 2.45) is 0 Å². The van der Waals surface area contributed by atoms with E-state index in [0.717, 1.165) is 6.20 Å². The fraction of sp³-hybridized carbons (Fsp3) is 0. The highest BCUT2D eigenvalue weighted by atomic mass is 16.4. The van der Waals surface area contributed by atoms with E-state index in [1.165, 1.54) is 12.5 Å². The van der Waals surface area contributed by atoms with Crippen LogP contribution in [-0.2, 0) is 0 Å². The molecule has 0 aliphatic heterocycles. The Morgan fingerprint density at radius 3 is 2.59 bits per heavy atom. The number of carbonyl (C=O) groups excluding carboxylic acids is 1. The van der Waals surface area contributed by atoms with Crippen molar-refractivity contribution in [3.8, 4) is 11.3 Å². The molecule has 1 amide bonds. The van der Waals surface area contributed by atoms with Gasteiger partial charge in [-0.1, -0.05) is 12.1 Å². The molecule has 0 aliphatic carbocycles. The third kappa shape index (κ3) is 3.27. The number of hydrogen-bond donors (Lipinski definition) is 5. The number of benzene rings is 1. The summed E-state index contributed by atoms with van der Waals surface area (Å²) >= 11 is 0. The molecule has 0 spiro atoms. The standard InChI is InChI=1S/C18H12N6O5/c25-15(11-6-20-18(29)24-16(11)26)23-9-3-1-2-8(4-9)13-12-10(17(27)28)5-19-14(12)22-7-21-13/h1-7H,(H,23,25)(H,27,28)(H,19,21,22)(H2,20,24,26,29). The zero-order valence-corrected chi connectivity index (χ0v) is 14.5. The molecule has 1 aromatic carbocycles. The monoisotopic (exact) mass is 392 g/mol. The lowest BCUT2D eigenvalue weighted by atomic mass is 10.1. The highest BCUT2D eigenvalue weighted by Crippen LogP contribution is 2.29. The Morgan fingerprint density at radius 1 is 1.03 bits per heavy atom. The summed E-state index contributed by atoms with van der Waals surface area (Å²) in [6, 6.07) is 6.51. The van der Waals surface area contributed by atoms with Crippen LogP contribution < -0.4 is 16.6 Å². The van der Waals surface area contributed by atoms with Gasteiger partial charge in [0.2, 0.25) is 0 Å². The normalized spacial score (nSPS) is 10.8. The third-order valence-corrected chi connectivity index (χ3v) is 4.16. The van der Waals surface area contributed by atoms with E-state index in [1.807, 2.05) is 4.98 Å². The number of H-pyrrole nitrogens is 3. The zero-order valence-electron chi connectivity index (χ0n) is 14.5. The summed E-state index contributed by atoms with van der Waals surface area (Å²) < 4.78 is 0. The maximum absolute atomic E-state index is 12.3. The molecule has 0 saturated carbocycles. The average Bonchev–Trinajstić information content (AvgIpc) is 3.12. The van der Waals surface area contributed by atoms with Gasteiger partial charge in [-0.3, -0.25) is 14.6 Å². The van der Waals surface area contributed by atoms with E-state index in [0.29, 0.717) is 28.0 Å². The number of hydrogen-bond acceptors (Lipinski definition) is 6. The summed E-state index contributed by atoms with van der Waals surface area (Å²) in [5, 5.41) is 12.3. The van der Waals surface area contributed by atoms with Crippen molar-refractivity contribution in [3.63, 3.8) is 0 Å². The molecule has 144 valence electrons. The summed E-state index contributed by atoms with van der Waals surface area (Å²) in [5.74, 6) is -1.85. The molecule has 11 nitrogen and oxygen atoms in total. The molecule has 0 saturated heterocycles. The number of fused-ring (bicyclic) bond motifs is 1. The second kappa shape index (κ2) is 6.88. The fourth-order valence-electron chi connectivity index (χ4n) is 2.87. The largest absolute Gasteiger partial charge is 0.478 e. The Kier molecular flexibility index (Phi) is 4.24. The van der Waals surface area contributed by atoms with Gasteiger partial charge in [-0.15, -0.1) is 0 Å². The van der Waals surface area contributed by atoms with Crippen molar-refractivity contribution in [1.82, 2.24) is 24.9 Å². The van der Waals surface area contributed by atoms with Gasteiger partial charge in [-0.2, -0.15) is 0 Å². The van der Waals surface area contributed by atoms with Crippen LogP contribution in [0.25, 0.3) is 22.3 Å². The van der Waals surface area contributed by atoms with Gasteiger partial charge < -0.3 is 20.4 Å². The van der Waals surface area contributed by atoms with E-state index in [2.05, 4.69) is 25.3 Å². The number of carbonyl (C=O) groups is 2. The predicted octanol–water partition coefficient (Wildman–Crippen LogP) is 0.952. The molecule has 29 heavy (non-hydrogen) atoms. The van der Waals surface area contributed by atoms with Crippen molar-refractivity contribution in [3.05, 3.63) is 75.0 Å². The van der Waals surface area contributed by atoms with Crippen LogP contribution in [-0.4, -0.2) is 41.9 Å². The Labute approximate surface area is 160 Å². The number of nitrogens with one attached hydrogen (secondary N) is 4. The van der Waals surface area contributed by atoms with E-state index in [9.17, 15) is 24.3 Å². The highest BCUT2D eigenvalue weighted by Gasteiger charge is 2.18. The van der Waals surface area contributed by atoms with Gasteiger partial charge in [0.15, 0.2) is 0 Å². The van der Waals surface area contributed by atoms with Crippen molar-refractivity contribution < 1.29 is 14.7 Å². The topological polar surface area (TPSA) is 174 Å². The molecule has 4 aromatic rings. The van der Waals surface area contributed by atoms with Gasteiger partial charge in [0.1, 0.15) is 17.5 Å². The van der Waals surface area contributed by atoms with Crippen molar-refractivity contribution in [1.29, 1.82) is 0 Å². The lowest BCUT2D eigenvalue weighted by Crippen LogP contribution is -2.29. The molecule has 0 fully saturated rings. The fourth-order valence-corrected chi connectivity index (χ4v) is 2.87. The van der Waals surface area contributed by atoms with Gasteiger partial charge in [0, 0.05) is 23.6 Å². The number of rotatable bonds is 4. The molecule has 3 heterocycles. The van der Waals surface area contributed by atoms with Crippen LogP contribution in [0.1, 0.15) is 20.7 Å². The zero-order chi connectivity index (χ0) is 20.5. The molecule has 0 bridgehead atoms. The minimum Gasteiger partial charge on any atom is -0.478 e. The van der Waals surface area contributed by atoms with Crippen LogP contribution in [0, 0.1) is 0 Å². The minimum atomic E-state index is -1.13. The quantitative estimate of drug-likeness (QED) is 0.344. The highest BCUT2D eigenvalue weighted by molar-refractivity contribution is 6.08. The van der Waals surface area contributed by atoms with Crippen LogP contribution in [0.2, 0.25) is 0 Å². The maximum Gasteiger partial charge on any atom is 0.338 e. The molecule has 0 unspecified atom stereocenters. The van der Waals surface area contributed by atoms with Gasteiger partial charge in [0.05, 0.1) is 16.6 Å². The smallest absolute Gasteiger partial charge is 0.338 e.